The largest absolute Gasteiger partial charge is 0.479 e. The lowest BCUT2D eigenvalue weighted by Crippen LogP contribution is -2.37. The lowest BCUT2D eigenvalue weighted by atomic mass is 9.98. The number of H-pyrrole nitrogens is 1. The number of aromatic nitrogens is 2. The minimum absolute atomic E-state index is 0.0637. The first-order valence-corrected chi connectivity index (χ1v) is 5.01. The van der Waals surface area contributed by atoms with Gasteiger partial charge < -0.3 is 10.2 Å². The van der Waals surface area contributed by atoms with Crippen LogP contribution in [0.15, 0.2) is 0 Å². The second-order valence-electron chi connectivity index (χ2n) is 4.24. The number of aryl methyl sites for hydroxylation is 1. The van der Waals surface area contributed by atoms with Crippen molar-refractivity contribution in [1.82, 2.24) is 10.2 Å². The Morgan fingerprint density at radius 2 is 2.33 bits per heavy atom. The van der Waals surface area contributed by atoms with Gasteiger partial charge >= 0.3 is 5.97 Å². The van der Waals surface area contributed by atoms with E-state index in [9.17, 15) is 9.90 Å². The summed E-state index contributed by atoms with van der Waals surface area (Å²) < 4.78 is 0. The quantitative estimate of drug-likeness (QED) is 0.668. The van der Waals surface area contributed by atoms with E-state index in [4.69, 9.17) is 5.11 Å². The Hall–Kier alpha value is -1.36. The van der Waals surface area contributed by atoms with E-state index in [0.717, 1.165) is 30.5 Å². The van der Waals surface area contributed by atoms with Crippen molar-refractivity contribution in [2.45, 2.75) is 38.2 Å². The van der Waals surface area contributed by atoms with Crippen molar-refractivity contribution < 1.29 is 15.0 Å². The molecule has 0 saturated heterocycles. The van der Waals surface area contributed by atoms with E-state index < -0.39 is 11.6 Å². The molecule has 3 N–H and O–H groups in total. The van der Waals surface area contributed by atoms with Crippen LogP contribution in [-0.2, 0) is 24.1 Å². The Morgan fingerprint density at radius 3 is 3.00 bits per heavy atom. The molecule has 1 heterocycles. The summed E-state index contributed by atoms with van der Waals surface area (Å²) in [4.78, 5) is 10.8. The van der Waals surface area contributed by atoms with Gasteiger partial charge in [0.25, 0.3) is 0 Å². The summed E-state index contributed by atoms with van der Waals surface area (Å²) in [6, 6.07) is 0. The molecule has 1 atom stereocenters. The van der Waals surface area contributed by atoms with E-state index in [2.05, 4.69) is 10.2 Å². The Labute approximate surface area is 87.1 Å². The molecule has 1 aromatic rings. The van der Waals surface area contributed by atoms with Crippen LogP contribution in [0.2, 0.25) is 0 Å². The number of rotatable bonds is 3. The second kappa shape index (κ2) is 3.34. The standard InChI is InChI=1S/C10H14N2O3/c1-10(15,9(13)14)5-8-6-3-2-4-7(6)11-12-8/h15H,2-5H2,1H3,(H,11,12)(H,13,14). The zero-order valence-corrected chi connectivity index (χ0v) is 8.58. The third-order valence-corrected chi connectivity index (χ3v) is 2.86. The van der Waals surface area contributed by atoms with E-state index in [1.807, 2.05) is 0 Å². The van der Waals surface area contributed by atoms with E-state index in [0.29, 0.717) is 5.69 Å². The van der Waals surface area contributed by atoms with Crippen LogP contribution in [0.4, 0.5) is 0 Å². The minimum Gasteiger partial charge on any atom is -0.479 e. The topological polar surface area (TPSA) is 86.2 Å². The van der Waals surface area contributed by atoms with Gasteiger partial charge in [-0.05, 0) is 31.7 Å². The van der Waals surface area contributed by atoms with Gasteiger partial charge in [0.2, 0.25) is 0 Å². The Balaban J connectivity index is 2.21. The highest BCUT2D eigenvalue weighted by molar-refractivity contribution is 5.76. The van der Waals surface area contributed by atoms with E-state index >= 15 is 0 Å². The fraction of sp³-hybridized carbons (Fsp3) is 0.600. The average Bonchev–Trinajstić information content (AvgIpc) is 2.69. The first kappa shape index (κ1) is 10.2. The van der Waals surface area contributed by atoms with Gasteiger partial charge in [0, 0.05) is 12.1 Å². The molecule has 5 nitrogen and oxygen atoms in total. The summed E-state index contributed by atoms with van der Waals surface area (Å²) in [6.45, 7) is 1.30. The predicted molar refractivity (Wildman–Crippen MR) is 52.6 cm³/mol. The molecule has 5 heteroatoms. The summed E-state index contributed by atoms with van der Waals surface area (Å²) in [5, 5.41) is 25.4. The lowest BCUT2D eigenvalue weighted by Gasteiger charge is -2.16. The van der Waals surface area contributed by atoms with Crippen LogP contribution >= 0.6 is 0 Å². The molecule has 1 unspecified atom stereocenters. The first-order chi connectivity index (χ1) is 7.00. The van der Waals surface area contributed by atoms with Crippen LogP contribution in [0.3, 0.4) is 0 Å². The van der Waals surface area contributed by atoms with Gasteiger partial charge in [-0.3, -0.25) is 5.10 Å². The molecule has 0 amide bonds. The molecule has 1 aromatic heterocycles. The predicted octanol–water partition coefficient (Wildman–Crippen LogP) is 0.277. The summed E-state index contributed by atoms with van der Waals surface area (Å²) in [6.07, 6.45) is 3.04. The highest BCUT2D eigenvalue weighted by atomic mass is 16.4. The van der Waals surface area contributed by atoms with Crippen molar-refractivity contribution >= 4 is 5.97 Å². The van der Waals surface area contributed by atoms with Crippen LogP contribution in [0.25, 0.3) is 0 Å². The highest BCUT2D eigenvalue weighted by Gasteiger charge is 2.33. The lowest BCUT2D eigenvalue weighted by molar-refractivity contribution is -0.156. The number of aliphatic carboxylic acids is 1. The molecular formula is C10H14N2O3. The van der Waals surface area contributed by atoms with E-state index in [-0.39, 0.29) is 6.42 Å². The maximum absolute atomic E-state index is 10.8. The van der Waals surface area contributed by atoms with Gasteiger partial charge in [0.15, 0.2) is 5.60 Å². The molecule has 0 saturated carbocycles. The Kier molecular flexibility index (Phi) is 2.26. The van der Waals surface area contributed by atoms with Crippen LogP contribution in [0.1, 0.15) is 30.3 Å². The summed E-state index contributed by atoms with van der Waals surface area (Å²) >= 11 is 0. The zero-order valence-electron chi connectivity index (χ0n) is 8.58. The molecule has 15 heavy (non-hydrogen) atoms. The molecule has 0 aliphatic heterocycles. The van der Waals surface area contributed by atoms with Crippen molar-refractivity contribution in [2.75, 3.05) is 0 Å². The molecule has 1 aliphatic rings. The number of nitrogens with zero attached hydrogens (tertiary/aromatic N) is 1. The maximum atomic E-state index is 10.8. The summed E-state index contributed by atoms with van der Waals surface area (Å²) in [5.41, 5.74) is 1.14. The molecule has 0 radical (unpaired) electrons. The minimum atomic E-state index is -1.73. The normalized spacial score (nSPS) is 18.5. The van der Waals surface area contributed by atoms with Gasteiger partial charge in [-0.1, -0.05) is 0 Å². The molecule has 2 rings (SSSR count). The van der Waals surface area contributed by atoms with Crippen molar-refractivity contribution in [2.24, 2.45) is 0 Å². The Morgan fingerprint density at radius 1 is 1.60 bits per heavy atom. The third kappa shape index (κ3) is 1.74. The number of carboxylic acids is 1. The zero-order chi connectivity index (χ0) is 11.1. The van der Waals surface area contributed by atoms with Crippen molar-refractivity contribution in [3.8, 4) is 0 Å². The smallest absolute Gasteiger partial charge is 0.335 e. The van der Waals surface area contributed by atoms with Crippen LogP contribution in [0.5, 0.6) is 0 Å². The second-order valence-corrected chi connectivity index (χ2v) is 4.24. The highest BCUT2D eigenvalue weighted by Crippen LogP contribution is 2.25. The molecule has 0 fully saturated rings. The van der Waals surface area contributed by atoms with Gasteiger partial charge in [0.1, 0.15) is 0 Å². The number of aliphatic hydroxyl groups is 1. The van der Waals surface area contributed by atoms with Gasteiger partial charge in [-0.2, -0.15) is 5.10 Å². The SMILES string of the molecule is CC(O)(Cc1n[nH]c2c1CCC2)C(=O)O. The van der Waals surface area contributed by atoms with E-state index in [1.165, 1.54) is 6.92 Å². The molecule has 0 aromatic carbocycles. The van der Waals surface area contributed by atoms with Crippen LogP contribution < -0.4 is 0 Å². The summed E-state index contributed by atoms with van der Waals surface area (Å²) in [7, 11) is 0. The van der Waals surface area contributed by atoms with Crippen LogP contribution in [0, 0.1) is 0 Å². The number of hydrogen-bond donors (Lipinski definition) is 3. The summed E-state index contributed by atoms with van der Waals surface area (Å²) in [5.74, 6) is -1.21. The first-order valence-electron chi connectivity index (χ1n) is 5.01. The molecule has 0 spiro atoms. The monoisotopic (exact) mass is 210 g/mol. The fourth-order valence-corrected chi connectivity index (χ4v) is 1.94. The van der Waals surface area contributed by atoms with Gasteiger partial charge in [-0.25, -0.2) is 4.79 Å². The van der Waals surface area contributed by atoms with Gasteiger partial charge in [-0.15, -0.1) is 0 Å². The maximum Gasteiger partial charge on any atom is 0.335 e. The van der Waals surface area contributed by atoms with Crippen molar-refractivity contribution in [1.29, 1.82) is 0 Å². The molecule has 1 aliphatic carbocycles. The molecule has 0 bridgehead atoms. The van der Waals surface area contributed by atoms with E-state index in [1.54, 1.807) is 0 Å². The number of carbonyl (C=O) groups is 1. The van der Waals surface area contributed by atoms with Crippen molar-refractivity contribution in [3.05, 3.63) is 17.0 Å². The average molecular weight is 210 g/mol. The Bertz CT molecular complexity index is 395. The number of carboxylic acid groups (broad SMARTS) is 1. The third-order valence-electron chi connectivity index (χ3n) is 2.86. The number of fused-ring (bicyclic) bond motifs is 1. The number of nitrogens with one attached hydrogen (secondary N) is 1. The number of aromatic amines is 1. The molecule has 82 valence electrons. The fourth-order valence-electron chi connectivity index (χ4n) is 1.94. The molecular weight excluding hydrogens is 196 g/mol. The van der Waals surface area contributed by atoms with Crippen molar-refractivity contribution in [3.63, 3.8) is 0 Å². The van der Waals surface area contributed by atoms with Crippen LogP contribution in [-0.4, -0.2) is 32.0 Å². The number of hydrogen-bond acceptors (Lipinski definition) is 3. The van der Waals surface area contributed by atoms with Gasteiger partial charge in [0.05, 0.1) is 5.69 Å².